The maximum atomic E-state index is 12.4. The van der Waals surface area contributed by atoms with Crippen LogP contribution in [-0.4, -0.2) is 31.5 Å². The number of ketones is 1. The molecule has 0 saturated heterocycles. The zero-order valence-corrected chi connectivity index (χ0v) is 13.8. The van der Waals surface area contributed by atoms with Crippen LogP contribution in [0.4, 0.5) is 0 Å². The fraction of sp³-hybridized carbons (Fsp3) is 0.211. The molecule has 0 aliphatic heterocycles. The molecule has 5 heteroatoms. The van der Waals surface area contributed by atoms with Crippen LogP contribution in [-0.2, 0) is 6.54 Å². The van der Waals surface area contributed by atoms with Crippen molar-refractivity contribution in [2.24, 2.45) is 0 Å². The maximum Gasteiger partial charge on any atom is 0.178 e. The third-order valence-electron chi connectivity index (χ3n) is 3.95. The van der Waals surface area contributed by atoms with Crippen molar-refractivity contribution < 1.29 is 14.3 Å². The van der Waals surface area contributed by atoms with Gasteiger partial charge in [-0.15, -0.1) is 0 Å². The van der Waals surface area contributed by atoms with Gasteiger partial charge in [-0.3, -0.25) is 4.79 Å². The van der Waals surface area contributed by atoms with E-state index in [0.717, 1.165) is 16.5 Å². The van der Waals surface area contributed by atoms with Crippen LogP contribution in [0.1, 0.15) is 15.9 Å². The summed E-state index contributed by atoms with van der Waals surface area (Å²) in [5.41, 5.74) is 2.71. The Hall–Kier alpha value is -2.79. The van der Waals surface area contributed by atoms with Gasteiger partial charge in [-0.2, -0.15) is 0 Å². The Kier molecular flexibility index (Phi) is 4.82. The molecule has 5 nitrogen and oxygen atoms in total. The highest BCUT2D eigenvalue weighted by Gasteiger charge is 2.11. The lowest BCUT2D eigenvalue weighted by Gasteiger charge is -2.10. The SMILES string of the molecule is COc1ccc(CNCC(=O)c2c[nH]c3ccccc23)cc1OC. The van der Waals surface area contributed by atoms with Crippen molar-refractivity contribution in [2.45, 2.75) is 6.54 Å². The summed E-state index contributed by atoms with van der Waals surface area (Å²) in [5.74, 6) is 1.43. The minimum atomic E-state index is 0.0629. The molecular weight excluding hydrogens is 304 g/mol. The average molecular weight is 324 g/mol. The molecule has 2 aromatic carbocycles. The van der Waals surface area contributed by atoms with Gasteiger partial charge < -0.3 is 19.8 Å². The first-order valence-corrected chi connectivity index (χ1v) is 7.74. The molecule has 0 radical (unpaired) electrons. The monoisotopic (exact) mass is 324 g/mol. The first-order chi connectivity index (χ1) is 11.7. The number of carbonyl (C=O) groups is 1. The lowest BCUT2D eigenvalue weighted by Crippen LogP contribution is -2.22. The highest BCUT2D eigenvalue weighted by atomic mass is 16.5. The largest absolute Gasteiger partial charge is 0.493 e. The van der Waals surface area contributed by atoms with Crippen LogP contribution in [0.2, 0.25) is 0 Å². The number of H-pyrrole nitrogens is 1. The summed E-state index contributed by atoms with van der Waals surface area (Å²) < 4.78 is 10.5. The molecule has 124 valence electrons. The van der Waals surface area contributed by atoms with Crippen LogP contribution in [0.25, 0.3) is 10.9 Å². The molecule has 1 aromatic heterocycles. The molecule has 0 bridgehead atoms. The maximum absolute atomic E-state index is 12.4. The molecule has 0 aliphatic carbocycles. The molecule has 0 spiro atoms. The topological polar surface area (TPSA) is 63.3 Å². The zero-order valence-electron chi connectivity index (χ0n) is 13.8. The van der Waals surface area contributed by atoms with E-state index in [4.69, 9.17) is 9.47 Å². The molecule has 24 heavy (non-hydrogen) atoms. The second-order valence-corrected chi connectivity index (χ2v) is 5.46. The Balaban J connectivity index is 1.63. The normalized spacial score (nSPS) is 10.8. The van der Waals surface area contributed by atoms with E-state index in [2.05, 4.69) is 10.3 Å². The second-order valence-electron chi connectivity index (χ2n) is 5.46. The Labute approximate surface area is 140 Å². The number of benzene rings is 2. The predicted molar refractivity (Wildman–Crippen MR) is 93.9 cm³/mol. The van der Waals surface area contributed by atoms with Crippen molar-refractivity contribution >= 4 is 16.7 Å². The zero-order chi connectivity index (χ0) is 16.9. The summed E-state index contributed by atoms with van der Waals surface area (Å²) in [6, 6.07) is 13.5. The first-order valence-electron chi connectivity index (χ1n) is 7.74. The van der Waals surface area contributed by atoms with Gasteiger partial charge in [0, 0.05) is 29.2 Å². The number of aromatic nitrogens is 1. The summed E-state index contributed by atoms with van der Waals surface area (Å²) in [7, 11) is 3.21. The van der Waals surface area contributed by atoms with Crippen LogP contribution in [0.5, 0.6) is 11.5 Å². The Morgan fingerprint density at radius 3 is 2.67 bits per heavy atom. The van der Waals surface area contributed by atoms with E-state index in [0.29, 0.717) is 23.6 Å². The van der Waals surface area contributed by atoms with Crippen LogP contribution in [0, 0.1) is 0 Å². The lowest BCUT2D eigenvalue weighted by molar-refractivity contribution is 0.0992. The molecule has 0 amide bonds. The summed E-state index contributed by atoms with van der Waals surface area (Å²) in [6.45, 7) is 0.852. The number of fused-ring (bicyclic) bond motifs is 1. The highest BCUT2D eigenvalue weighted by molar-refractivity contribution is 6.08. The van der Waals surface area contributed by atoms with E-state index in [1.54, 1.807) is 20.4 Å². The van der Waals surface area contributed by atoms with Gasteiger partial charge in [0.2, 0.25) is 0 Å². The number of nitrogens with one attached hydrogen (secondary N) is 2. The van der Waals surface area contributed by atoms with Crippen molar-refractivity contribution in [1.29, 1.82) is 0 Å². The molecule has 0 aliphatic rings. The lowest BCUT2D eigenvalue weighted by atomic mass is 10.1. The van der Waals surface area contributed by atoms with Crippen molar-refractivity contribution in [2.75, 3.05) is 20.8 Å². The third kappa shape index (κ3) is 3.26. The van der Waals surface area contributed by atoms with Crippen LogP contribution in [0.3, 0.4) is 0 Å². The molecule has 0 unspecified atom stereocenters. The van der Waals surface area contributed by atoms with Crippen LogP contribution >= 0.6 is 0 Å². The van der Waals surface area contributed by atoms with Gasteiger partial charge in [0.15, 0.2) is 17.3 Å². The summed E-state index contributed by atoms with van der Waals surface area (Å²) >= 11 is 0. The molecule has 0 fully saturated rings. The number of ether oxygens (including phenoxy) is 2. The van der Waals surface area contributed by atoms with E-state index in [1.807, 2.05) is 42.5 Å². The molecule has 2 N–H and O–H groups in total. The number of methoxy groups -OCH3 is 2. The fourth-order valence-corrected chi connectivity index (χ4v) is 2.71. The molecular formula is C19H20N2O3. The van der Waals surface area contributed by atoms with Gasteiger partial charge in [-0.05, 0) is 23.8 Å². The number of rotatable bonds is 7. The van der Waals surface area contributed by atoms with Gasteiger partial charge in [0.25, 0.3) is 0 Å². The standard InChI is InChI=1S/C19H20N2O3/c1-23-18-8-7-13(9-19(18)24-2)10-20-12-17(22)15-11-21-16-6-4-3-5-14(15)16/h3-9,11,20-21H,10,12H2,1-2H3. The molecule has 0 atom stereocenters. The van der Waals surface area contributed by atoms with E-state index in [9.17, 15) is 4.79 Å². The van der Waals surface area contributed by atoms with E-state index in [-0.39, 0.29) is 12.3 Å². The number of hydrogen-bond acceptors (Lipinski definition) is 4. The number of para-hydroxylation sites is 1. The predicted octanol–water partition coefficient (Wildman–Crippen LogP) is 3.16. The Morgan fingerprint density at radius 2 is 1.88 bits per heavy atom. The van der Waals surface area contributed by atoms with Gasteiger partial charge in [0.05, 0.1) is 20.8 Å². The molecule has 0 saturated carbocycles. The quantitative estimate of drug-likeness (QED) is 0.655. The molecule has 3 rings (SSSR count). The van der Waals surface area contributed by atoms with Crippen molar-refractivity contribution in [3.05, 3.63) is 59.8 Å². The first kappa shape index (κ1) is 16.1. The van der Waals surface area contributed by atoms with Crippen molar-refractivity contribution in [3.63, 3.8) is 0 Å². The summed E-state index contributed by atoms with van der Waals surface area (Å²) in [5, 5.41) is 4.14. The fourth-order valence-electron chi connectivity index (χ4n) is 2.71. The smallest absolute Gasteiger partial charge is 0.178 e. The average Bonchev–Trinajstić information content (AvgIpc) is 3.05. The van der Waals surface area contributed by atoms with Crippen LogP contribution < -0.4 is 14.8 Å². The number of aromatic amines is 1. The third-order valence-corrected chi connectivity index (χ3v) is 3.95. The van der Waals surface area contributed by atoms with Gasteiger partial charge >= 0.3 is 0 Å². The highest BCUT2D eigenvalue weighted by Crippen LogP contribution is 2.27. The second kappa shape index (κ2) is 7.19. The molecule has 3 aromatic rings. The van der Waals surface area contributed by atoms with E-state index in [1.165, 1.54) is 0 Å². The summed E-state index contributed by atoms with van der Waals surface area (Å²) in [4.78, 5) is 15.5. The van der Waals surface area contributed by atoms with Gasteiger partial charge in [-0.1, -0.05) is 24.3 Å². The number of Topliss-reactive ketones (excluding diaryl/α,β-unsaturated/α-hetero) is 1. The van der Waals surface area contributed by atoms with Crippen molar-refractivity contribution in [3.8, 4) is 11.5 Å². The van der Waals surface area contributed by atoms with Gasteiger partial charge in [-0.25, -0.2) is 0 Å². The van der Waals surface area contributed by atoms with Crippen LogP contribution in [0.15, 0.2) is 48.7 Å². The Bertz CT molecular complexity index is 855. The minimum absolute atomic E-state index is 0.0629. The summed E-state index contributed by atoms with van der Waals surface area (Å²) in [6.07, 6.45) is 1.77. The number of carbonyl (C=O) groups excluding carboxylic acids is 1. The number of hydrogen-bond donors (Lipinski definition) is 2. The molecule has 1 heterocycles. The van der Waals surface area contributed by atoms with Gasteiger partial charge in [0.1, 0.15) is 0 Å². The van der Waals surface area contributed by atoms with E-state index < -0.39 is 0 Å². The van der Waals surface area contributed by atoms with Crippen molar-refractivity contribution in [1.82, 2.24) is 10.3 Å². The Morgan fingerprint density at radius 1 is 1.08 bits per heavy atom. The minimum Gasteiger partial charge on any atom is -0.493 e. The van der Waals surface area contributed by atoms with E-state index >= 15 is 0 Å².